The number of esters is 1. The van der Waals surface area contributed by atoms with Gasteiger partial charge in [-0.2, -0.15) is 0 Å². The van der Waals surface area contributed by atoms with Gasteiger partial charge in [-0.05, 0) is 45.7 Å². The van der Waals surface area contributed by atoms with Crippen molar-refractivity contribution in [3.63, 3.8) is 0 Å². The van der Waals surface area contributed by atoms with Gasteiger partial charge in [0.1, 0.15) is 11.6 Å². The Morgan fingerprint density at radius 1 is 1.21 bits per heavy atom. The number of H-pyrrole nitrogens is 1. The lowest BCUT2D eigenvalue weighted by Gasteiger charge is -2.33. The molecule has 0 fully saturated rings. The molecule has 8 heteroatoms. The fourth-order valence-electron chi connectivity index (χ4n) is 3.51. The summed E-state index contributed by atoms with van der Waals surface area (Å²) in [4.78, 5) is 42.4. The Balaban J connectivity index is 1.89. The number of imide groups is 1. The minimum atomic E-state index is -1.10. The zero-order valence-corrected chi connectivity index (χ0v) is 17.4. The third-order valence-electron chi connectivity index (χ3n) is 4.89. The molecule has 2 aromatic rings. The van der Waals surface area contributed by atoms with Gasteiger partial charge in [0.15, 0.2) is 0 Å². The average molecular weight is 401 g/mol. The monoisotopic (exact) mass is 401 g/mol. The van der Waals surface area contributed by atoms with Crippen LogP contribution >= 0.6 is 0 Å². The molecule has 1 aromatic heterocycles. The number of benzene rings is 1. The van der Waals surface area contributed by atoms with E-state index in [9.17, 15) is 14.4 Å². The smallest absolute Gasteiger partial charge is 0.417 e. The molecule has 0 saturated carbocycles. The maximum absolute atomic E-state index is 13.3. The van der Waals surface area contributed by atoms with Gasteiger partial charge in [-0.25, -0.2) is 14.5 Å². The molecule has 0 radical (unpaired) electrons. The highest BCUT2D eigenvalue weighted by molar-refractivity contribution is 6.00. The number of methoxy groups -OCH3 is 1. The molecule has 0 bridgehead atoms. The van der Waals surface area contributed by atoms with Crippen LogP contribution in [0.25, 0.3) is 10.9 Å². The van der Waals surface area contributed by atoms with Crippen LogP contribution < -0.4 is 5.32 Å². The number of aromatic amines is 1. The van der Waals surface area contributed by atoms with E-state index in [1.165, 1.54) is 14.0 Å². The van der Waals surface area contributed by atoms with Gasteiger partial charge in [-0.15, -0.1) is 0 Å². The Morgan fingerprint density at radius 3 is 2.55 bits per heavy atom. The number of fused-ring (bicyclic) bond motifs is 3. The van der Waals surface area contributed by atoms with Gasteiger partial charge in [-0.3, -0.25) is 10.1 Å². The molecule has 3 rings (SSSR count). The third-order valence-corrected chi connectivity index (χ3v) is 4.89. The van der Waals surface area contributed by atoms with Crippen LogP contribution in [0.5, 0.6) is 0 Å². The first kappa shape index (κ1) is 20.9. The fraction of sp³-hybridized carbons (Fsp3) is 0.476. The van der Waals surface area contributed by atoms with Crippen LogP contribution in [0, 0.1) is 0 Å². The molecule has 2 heterocycles. The quantitative estimate of drug-likeness (QED) is 0.767. The highest BCUT2D eigenvalue weighted by Crippen LogP contribution is 2.27. The lowest BCUT2D eigenvalue weighted by atomic mass is 9.97. The van der Waals surface area contributed by atoms with Crippen molar-refractivity contribution in [2.75, 3.05) is 7.11 Å². The van der Waals surface area contributed by atoms with Crippen LogP contribution in [0.15, 0.2) is 24.3 Å². The number of para-hydroxylation sites is 1. The summed E-state index contributed by atoms with van der Waals surface area (Å²) in [5.74, 6) is -1.21. The second-order valence-corrected chi connectivity index (χ2v) is 8.15. The molecule has 0 saturated heterocycles. The van der Waals surface area contributed by atoms with Gasteiger partial charge >= 0.3 is 12.1 Å². The van der Waals surface area contributed by atoms with Gasteiger partial charge in [-0.1, -0.05) is 18.2 Å². The minimum Gasteiger partial charge on any atom is -0.467 e. The molecule has 8 nitrogen and oxygen atoms in total. The van der Waals surface area contributed by atoms with Crippen LogP contribution in [0.1, 0.15) is 39.0 Å². The van der Waals surface area contributed by atoms with E-state index < -0.39 is 35.7 Å². The van der Waals surface area contributed by atoms with Gasteiger partial charge in [0.2, 0.25) is 5.91 Å². The molecule has 29 heavy (non-hydrogen) atoms. The molecule has 1 aliphatic heterocycles. The molecule has 1 aromatic carbocycles. The van der Waals surface area contributed by atoms with Crippen LogP contribution in [0.4, 0.5) is 4.79 Å². The Labute approximate surface area is 169 Å². The maximum atomic E-state index is 13.3. The Morgan fingerprint density at radius 2 is 1.90 bits per heavy atom. The van der Waals surface area contributed by atoms with Crippen molar-refractivity contribution in [3.05, 3.63) is 35.5 Å². The number of amides is 2. The first-order chi connectivity index (χ1) is 13.6. The molecule has 1 unspecified atom stereocenters. The second kappa shape index (κ2) is 7.87. The van der Waals surface area contributed by atoms with E-state index in [0.29, 0.717) is 13.0 Å². The van der Waals surface area contributed by atoms with Crippen molar-refractivity contribution in [1.82, 2.24) is 15.2 Å². The number of carbonyl (C=O) groups is 3. The van der Waals surface area contributed by atoms with Crippen LogP contribution in [0.2, 0.25) is 0 Å². The van der Waals surface area contributed by atoms with Crippen molar-refractivity contribution in [2.45, 2.75) is 58.3 Å². The van der Waals surface area contributed by atoms with Crippen LogP contribution in [-0.2, 0) is 32.0 Å². The van der Waals surface area contributed by atoms with Crippen LogP contribution in [0.3, 0.4) is 0 Å². The summed E-state index contributed by atoms with van der Waals surface area (Å²) < 4.78 is 10.1. The number of hydrogen-bond donors (Lipinski definition) is 2. The van der Waals surface area contributed by atoms with Crippen molar-refractivity contribution in [1.29, 1.82) is 0 Å². The summed E-state index contributed by atoms with van der Waals surface area (Å²) in [5, 5.41) is 4.21. The molecule has 1 aliphatic rings. The molecule has 2 N–H and O–H groups in total. The number of ether oxygens (including phenoxy) is 2. The largest absolute Gasteiger partial charge is 0.467 e. The molecular formula is C21H27N3O5. The number of hydrogen-bond acceptors (Lipinski definition) is 6. The number of carbonyl (C=O) groups excluding carboxylic acids is 3. The summed E-state index contributed by atoms with van der Waals surface area (Å²) in [6.45, 7) is 7.01. The molecule has 2 atom stereocenters. The minimum absolute atomic E-state index is 0.394. The average Bonchev–Trinajstić information content (AvgIpc) is 3.03. The summed E-state index contributed by atoms with van der Waals surface area (Å²) in [5.41, 5.74) is 2.24. The molecular weight excluding hydrogens is 374 g/mol. The fourth-order valence-corrected chi connectivity index (χ4v) is 3.51. The first-order valence-electron chi connectivity index (χ1n) is 9.58. The predicted octanol–water partition coefficient (Wildman–Crippen LogP) is 2.51. The van der Waals surface area contributed by atoms with E-state index in [1.54, 1.807) is 20.8 Å². The zero-order valence-electron chi connectivity index (χ0n) is 17.4. The standard InChI is InChI=1S/C21H27N3O5/c1-12(19(26)28-5)24(20(27)29-21(2,3)4)18(25)16-10-14-13-8-6-7-9-15(13)23-17(14)11-22-16/h6-9,12,16,22-23H,10-11H2,1-5H3/t12-,16?/m0/s1. The number of nitrogens with zero attached hydrogens (tertiary/aromatic N) is 1. The number of nitrogens with one attached hydrogen (secondary N) is 2. The van der Waals surface area contributed by atoms with Crippen molar-refractivity contribution < 1.29 is 23.9 Å². The summed E-state index contributed by atoms with van der Waals surface area (Å²) in [7, 11) is 1.22. The lowest BCUT2D eigenvalue weighted by molar-refractivity contribution is -0.152. The van der Waals surface area contributed by atoms with E-state index in [-0.39, 0.29) is 0 Å². The first-order valence-corrected chi connectivity index (χ1v) is 9.58. The van der Waals surface area contributed by atoms with Gasteiger partial charge in [0.05, 0.1) is 13.2 Å². The van der Waals surface area contributed by atoms with E-state index in [2.05, 4.69) is 10.3 Å². The number of rotatable bonds is 3. The molecule has 156 valence electrons. The molecule has 0 aliphatic carbocycles. The summed E-state index contributed by atoms with van der Waals surface area (Å²) >= 11 is 0. The molecule has 2 amide bonds. The Kier molecular flexibility index (Phi) is 5.66. The predicted molar refractivity (Wildman–Crippen MR) is 107 cm³/mol. The van der Waals surface area contributed by atoms with Crippen molar-refractivity contribution >= 4 is 28.9 Å². The van der Waals surface area contributed by atoms with Crippen molar-refractivity contribution in [3.8, 4) is 0 Å². The number of aromatic nitrogens is 1. The van der Waals surface area contributed by atoms with E-state index in [0.717, 1.165) is 27.1 Å². The van der Waals surface area contributed by atoms with Crippen molar-refractivity contribution in [2.24, 2.45) is 0 Å². The summed E-state index contributed by atoms with van der Waals surface area (Å²) in [6.07, 6.45) is -0.474. The van der Waals surface area contributed by atoms with E-state index in [4.69, 9.17) is 9.47 Å². The van der Waals surface area contributed by atoms with Crippen LogP contribution in [-0.4, -0.2) is 52.6 Å². The zero-order chi connectivity index (χ0) is 21.3. The Hall–Kier alpha value is -2.87. The highest BCUT2D eigenvalue weighted by Gasteiger charge is 2.40. The maximum Gasteiger partial charge on any atom is 0.417 e. The third kappa shape index (κ3) is 4.27. The normalized spacial score (nSPS) is 17.3. The summed E-state index contributed by atoms with van der Waals surface area (Å²) in [6, 6.07) is 6.11. The SMILES string of the molecule is COC(=O)[C@H](C)N(C(=O)OC(C)(C)C)C(=O)C1Cc2c([nH]c3ccccc23)CN1. The topological polar surface area (TPSA) is 101 Å². The van der Waals surface area contributed by atoms with Gasteiger partial charge in [0.25, 0.3) is 0 Å². The molecule has 0 spiro atoms. The Bertz CT molecular complexity index is 943. The van der Waals surface area contributed by atoms with Gasteiger partial charge in [0, 0.05) is 23.1 Å². The van der Waals surface area contributed by atoms with Gasteiger partial charge < -0.3 is 14.5 Å². The lowest BCUT2D eigenvalue weighted by Crippen LogP contribution is -2.56. The highest BCUT2D eigenvalue weighted by atomic mass is 16.6. The van der Waals surface area contributed by atoms with E-state index in [1.807, 2.05) is 24.3 Å². The second-order valence-electron chi connectivity index (χ2n) is 8.15. The van der Waals surface area contributed by atoms with E-state index >= 15 is 0 Å².